The van der Waals surface area contributed by atoms with Crippen LogP contribution in [0.25, 0.3) is 0 Å². The van der Waals surface area contributed by atoms with Crippen LogP contribution in [-0.2, 0) is 4.79 Å². The van der Waals surface area contributed by atoms with Gasteiger partial charge in [-0.2, -0.15) is 0 Å². The van der Waals surface area contributed by atoms with Gasteiger partial charge < -0.3 is 20.4 Å². The molecule has 22 heavy (non-hydrogen) atoms. The molecule has 0 fully saturated rings. The highest BCUT2D eigenvalue weighted by Gasteiger charge is 2.29. The maximum atomic E-state index is 12.4. The topological polar surface area (TPSA) is 89.9 Å². The summed E-state index contributed by atoms with van der Waals surface area (Å²) in [5, 5.41) is 21.3. The van der Waals surface area contributed by atoms with E-state index in [0.717, 1.165) is 0 Å². The van der Waals surface area contributed by atoms with E-state index in [0.29, 0.717) is 5.56 Å². The summed E-state index contributed by atoms with van der Waals surface area (Å²) in [6, 6.07) is 7.58. The molecule has 6 nitrogen and oxygen atoms in total. The molecule has 2 amide bonds. The van der Waals surface area contributed by atoms with Crippen LogP contribution < -0.4 is 5.32 Å². The maximum Gasteiger partial charge on any atom is 0.405 e. The third kappa shape index (κ3) is 4.60. The van der Waals surface area contributed by atoms with Crippen LogP contribution in [0.3, 0.4) is 0 Å². The molecule has 1 aromatic rings. The van der Waals surface area contributed by atoms with Crippen molar-refractivity contribution in [2.75, 3.05) is 7.05 Å². The summed E-state index contributed by atoms with van der Waals surface area (Å²) < 4.78 is 0. The maximum absolute atomic E-state index is 12.4. The lowest BCUT2D eigenvalue weighted by Crippen LogP contribution is -2.50. The summed E-state index contributed by atoms with van der Waals surface area (Å²) >= 11 is 0. The van der Waals surface area contributed by atoms with E-state index < -0.39 is 30.2 Å². The van der Waals surface area contributed by atoms with Crippen molar-refractivity contribution in [2.24, 2.45) is 0 Å². The van der Waals surface area contributed by atoms with Crippen LogP contribution in [0.15, 0.2) is 43.0 Å². The number of rotatable bonds is 7. The number of amides is 2. The molecule has 3 atom stereocenters. The van der Waals surface area contributed by atoms with Crippen molar-refractivity contribution in [3.8, 4) is 0 Å². The second-order valence-corrected chi connectivity index (χ2v) is 5.07. The zero-order chi connectivity index (χ0) is 16.7. The van der Waals surface area contributed by atoms with E-state index in [1.807, 2.05) is 6.07 Å². The Morgan fingerprint density at radius 3 is 2.45 bits per heavy atom. The molecule has 0 unspecified atom stereocenters. The van der Waals surface area contributed by atoms with Gasteiger partial charge in [-0.1, -0.05) is 36.4 Å². The highest BCUT2D eigenvalue weighted by atomic mass is 16.4. The number of aliphatic hydroxyl groups is 1. The van der Waals surface area contributed by atoms with Crippen molar-refractivity contribution in [3.63, 3.8) is 0 Å². The first-order valence-corrected chi connectivity index (χ1v) is 6.98. The zero-order valence-electron chi connectivity index (χ0n) is 12.8. The Labute approximate surface area is 130 Å². The van der Waals surface area contributed by atoms with Gasteiger partial charge in [-0.3, -0.25) is 4.79 Å². The monoisotopic (exact) mass is 306 g/mol. The number of benzene rings is 1. The molecule has 0 aliphatic rings. The van der Waals surface area contributed by atoms with Crippen LogP contribution in [0.5, 0.6) is 0 Å². The number of carbonyl (C=O) groups is 2. The Hall–Kier alpha value is -2.34. The molecule has 0 bridgehead atoms. The molecule has 1 aromatic carbocycles. The average Bonchev–Trinajstić information content (AvgIpc) is 2.52. The number of hydrogen-bond acceptors (Lipinski definition) is 3. The van der Waals surface area contributed by atoms with Gasteiger partial charge in [-0.15, -0.1) is 6.58 Å². The Morgan fingerprint density at radius 2 is 1.95 bits per heavy atom. The second kappa shape index (κ2) is 8.19. The molecule has 0 aromatic heterocycles. The third-order valence-corrected chi connectivity index (χ3v) is 3.55. The number of hydrogen-bond donors (Lipinski definition) is 3. The van der Waals surface area contributed by atoms with Crippen LogP contribution in [0.2, 0.25) is 0 Å². The van der Waals surface area contributed by atoms with Crippen LogP contribution >= 0.6 is 0 Å². The molecular weight excluding hydrogens is 284 g/mol. The van der Waals surface area contributed by atoms with E-state index in [1.165, 1.54) is 11.0 Å². The van der Waals surface area contributed by atoms with Crippen LogP contribution in [-0.4, -0.2) is 46.2 Å². The van der Waals surface area contributed by atoms with Gasteiger partial charge in [-0.05, 0) is 18.9 Å². The zero-order valence-corrected chi connectivity index (χ0v) is 12.8. The minimum atomic E-state index is -1.27. The normalized spacial score (nSPS) is 14.5. The van der Waals surface area contributed by atoms with Crippen molar-refractivity contribution in [2.45, 2.75) is 31.5 Å². The molecule has 1 rings (SSSR count). The van der Waals surface area contributed by atoms with Gasteiger partial charge in [0.1, 0.15) is 6.04 Å². The first-order valence-electron chi connectivity index (χ1n) is 6.98. The van der Waals surface area contributed by atoms with Gasteiger partial charge in [-0.25, -0.2) is 4.79 Å². The standard InChI is InChI=1S/C16H22N2O4/c1-4-8-13(17-16(21)22)15(20)18(3)11(2)14(19)12-9-6-5-7-10-12/h4-7,9-11,13-14,17,19H,1,8H2,2-3H3,(H,21,22)/t11-,13-,14+/m1/s1. The van der Waals surface area contributed by atoms with Crippen molar-refractivity contribution in [1.82, 2.24) is 10.2 Å². The van der Waals surface area contributed by atoms with Crippen molar-refractivity contribution < 1.29 is 19.8 Å². The third-order valence-electron chi connectivity index (χ3n) is 3.55. The molecule has 6 heteroatoms. The fourth-order valence-corrected chi connectivity index (χ4v) is 2.12. The summed E-state index contributed by atoms with van der Waals surface area (Å²) in [5.41, 5.74) is 0.695. The van der Waals surface area contributed by atoms with Gasteiger partial charge in [0, 0.05) is 7.05 Å². The fraction of sp³-hybridized carbons (Fsp3) is 0.375. The summed E-state index contributed by atoms with van der Waals surface area (Å²) in [4.78, 5) is 24.5. The molecular formula is C16H22N2O4. The van der Waals surface area contributed by atoms with Crippen molar-refractivity contribution in [3.05, 3.63) is 48.6 Å². The molecule has 0 aliphatic carbocycles. The molecule has 0 saturated carbocycles. The quantitative estimate of drug-likeness (QED) is 0.670. The molecule has 0 aliphatic heterocycles. The lowest BCUT2D eigenvalue weighted by atomic mass is 10.0. The first-order chi connectivity index (χ1) is 10.4. The van der Waals surface area contributed by atoms with Crippen LogP contribution in [0.4, 0.5) is 4.79 Å². The molecule has 0 radical (unpaired) electrons. The molecule has 120 valence electrons. The second-order valence-electron chi connectivity index (χ2n) is 5.07. The Kier molecular flexibility index (Phi) is 6.59. The smallest absolute Gasteiger partial charge is 0.405 e. The van der Waals surface area contributed by atoms with Crippen LogP contribution in [0, 0.1) is 0 Å². The lowest BCUT2D eigenvalue weighted by Gasteiger charge is -2.31. The first kappa shape index (κ1) is 17.7. The predicted octanol–water partition coefficient (Wildman–Crippen LogP) is 1.78. The summed E-state index contributed by atoms with van der Waals surface area (Å²) in [6.45, 7) is 5.23. The van der Waals surface area contributed by atoms with Gasteiger partial charge in [0.2, 0.25) is 5.91 Å². The Morgan fingerprint density at radius 1 is 1.36 bits per heavy atom. The summed E-state index contributed by atoms with van der Waals surface area (Å²) in [6.07, 6.45) is -0.469. The lowest BCUT2D eigenvalue weighted by molar-refractivity contribution is -0.136. The SMILES string of the molecule is C=CC[C@@H](NC(=O)O)C(=O)N(C)[C@H](C)[C@H](O)c1ccccc1. The Bertz CT molecular complexity index is 518. The average molecular weight is 306 g/mol. The molecule has 0 saturated heterocycles. The highest BCUT2D eigenvalue weighted by Crippen LogP contribution is 2.20. The van der Waals surface area contributed by atoms with E-state index in [1.54, 1.807) is 38.2 Å². The number of nitrogens with zero attached hydrogens (tertiary/aromatic N) is 1. The highest BCUT2D eigenvalue weighted by molar-refractivity contribution is 5.85. The number of nitrogens with one attached hydrogen (secondary N) is 1. The van der Waals surface area contributed by atoms with Crippen molar-refractivity contribution in [1.29, 1.82) is 0 Å². The number of likely N-dealkylation sites (N-methyl/N-ethyl adjacent to an activating group) is 1. The molecule has 0 heterocycles. The van der Waals surface area contributed by atoms with Crippen LogP contribution in [0.1, 0.15) is 25.0 Å². The van der Waals surface area contributed by atoms with Gasteiger partial charge >= 0.3 is 6.09 Å². The van der Waals surface area contributed by atoms with Gasteiger partial charge in [0.05, 0.1) is 12.1 Å². The molecule has 0 spiro atoms. The number of carboxylic acid groups (broad SMARTS) is 1. The predicted molar refractivity (Wildman–Crippen MR) is 83.4 cm³/mol. The van der Waals surface area contributed by atoms with Gasteiger partial charge in [0.25, 0.3) is 0 Å². The minimum absolute atomic E-state index is 0.184. The fourth-order valence-electron chi connectivity index (χ4n) is 2.12. The van der Waals surface area contributed by atoms with E-state index in [2.05, 4.69) is 11.9 Å². The Balaban J connectivity index is 2.83. The number of aliphatic hydroxyl groups excluding tert-OH is 1. The largest absolute Gasteiger partial charge is 0.465 e. The van der Waals surface area contributed by atoms with Gasteiger partial charge in [0.15, 0.2) is 0 Å². The minimum Gasteiger partial charge on any atom is -0.465 e. The summed E-state index contributed by atoms with van der Waals surface area (Å²) in [5.74, 6) is -0.412. The van der Waals surface area contributed by atoms with E-state index in [-0.39, 0.29) is 6.42 Å². The molecule has 3 N–H and O–H groups in total. The van der Waals surface area contributed by atoms with E-state index >= 15 is 0 Å². The van der Waals surface area contributed by atoms with E-state index in [4.69, 9.17) is 5.11 Å². The van der Waals surface area contributed by atoms with Crippen molar-refractivity contribution >= 4 is 12.0 Å². The van der Waals surface area contributed by atoms with E-state index in [9.17, 15) is 14.7 Å². The number of carbonyl (C=O) groups excluding carboxylic acids is 1. The summed E-state index contributed by atoms with van der Waals surface area (Å²) in [7, 11) is 1.54.